The van der Waals surface area contributed by atoms with Gasteiger partial charge in [0.15, 0.2) is 0 Å². The molecule has 0 atom stereocenters. The molecule has 0 N–H and O–H groups in total. The van der Waals surface area contributed by atoms with Crippen molar-refractivity contribution in [1.82, 2.24) is 0 Å². The van der Waals surface area contributed by atoms with E-state index in [1.165, 1.54) is 13.2 Å². The van der Waals surface area contributed by atoms with Crippen molar-refractivity contribution >= 4 is 11.5 Å². The summed E-state index contributed by atoms with van der Waals surface area (Å²) in [4.78, 5) is 11.2. The Morgan fingerprint density at radius 2 is 1.93 bits per heavy atom. The van der Waals surface area contributed by atoms with Crippen LogP contribution in [0, 0.1) is 0 Å². The van der Waals surface area contributed by atoms with Gasteiger partial charge in [0.05, 0.1) is 7.11 Å². The first-order valence-corrected chi connectivity index (χ1v) is 4.66. The van der Waals surface area contributed by atoms with E-state index in [2.05, 4.69) is 11.3 Å². The third kappa shape index (κ3) is 3.09. The number of allylic oxidation sites excluding steroid dienone is 2. The molecule has 0 aliphatic heterocycles. The summed E-state index contributed by atoms with van der Waals surface area (Å²) in [5.74, 6) is -0.364. The Morgan fingerprint density at radius 3 is 2.40 bits per heavy atom. The van der Waals surface area contributed by atoms with Crippen molar-refractivity contribution in [3.05, 3.63) is 54.1 Å². The maximum atomic E-state index is 11.2. The maximum absolute atomic E-state index is 11.2. The van der Waals surface area contributed by atoms with Gasteiger partial charge in [-0.05, 0) is 18.1 Å². The molecule has 0 radical (unpaired) electrons. The SMILES string of the molecule is C=C(C)/C(=C/C(=O)OC)c1ccccc1. The van der Waals surface area contributed by atoms with Gasteiger partial charge in [-0.15, -0.1) is 0 Å². The van der Waals surface area contributed by atoms with Crippen molar-refractivity contribution < 1.29 is 9.53 Å². The molecule has 1 rings (SSSR count). The summed E-state index contributed by atoms with van der Waals surface area (Å²) in [5, 5.41) is 0. The molecule has 0 spiro atoms. The lowest BCUT2D eigenvalue weighted by Gasteiger charge is -2.06. The Morgan fingerprint density at radius 1 is 1.33 bits per heavy atom. The normalized spacial score (nSPS) is 10.9. The number of ether oxygens (including phenoxy) is 1. The zero-order chi connectivity index (χ0) is 11.3. The lowest BCUT2D eigenvalue weighted by Crippen LogP contribution is -1.97. The van der Waals surface area contributed by atoms with Gasteiger partial charge in [-0.25, -0.2) is 4.79 Å². The molecule has 0 amide bonds. The molecule has 15 heavy (non-hydrogen) atoms. The number of rotatable bonds is 3. The van der Waals surface area contributed by atoms with E-state index in [0.717, 1.165) is 16.7 Å². The van der Waals surface area contributed by atoms with Gasteiger partial charge in [-0.2, -0.15) is 0 Å². The minimum Gasteiger partial charge on any atom is -0.466 e. The summed E-state index contributed by atoms with van der Waals surface area (Å²) in [6.45, 7) is 5.71. The van der Waals surface area contributed by atoms with Crippen molar-refractivity contribution in [3.8, 4) is 0 Å². The molecule has 0 saturated carbocycles. The molecule has 1 aromatic rings. The highest BCUT2D eigenvalue weighted by Gasteiger charge is 2.04. The number of hydrogen-bond donors (Lipinski definition) is 0. The van der Waals surface area contributed by atoms with Crippen molar-refractivity contribution in [1.29, 1.82) is 0 Å². The Hall–Kier alpha value is -1.83. The molecular formula is C13H14O2. The molecule has 0 aliphatic carbocycles. The van der Waals surface area contributed by atoms with E-state index in [1.54, 1.807) is 0 Å². The fraction of sp³-hybridized carbons (Fsp3) is 0.154. The molecule has 0 saturated heterocycles. The van der Waals surface area contributed by atoms with E-state index >= 15 is 0 Å². The van der Waals surface area contributed by atoms with Crippen LogP contribution in [0.1, 0.15) is 12.5 Å². The number of carbonyl (C=O) groups excluding carboxylic acids is 1. The molecular weight excluding hydrogens is 188 g/mol. The van der Waals surface area contributed by atoms with E-state index in [0.29, 0.717) is 0 Å². The predicted molar refractivity (Wildman–Crippen MR) is 61.2 cm³/mol. The first kappa shape index (κ1) is 11.2. The fourth-order valence-corrected chi connectivity index (χ4v) is 1.25. The minimum atomic E-state index is -0.364. The average Bonchev–Trinajstić information content (AvgIpc) is 2.26. The highest BCUT2D eigenvalue weighted by Crippen LogP contribution is 2.20. The number of esters is 1. The molecule has 0 bridgehead atoms. The van der Waals surface area contributed by atoms with Gasteiger partial charge in [0, 0.05) is 6.08 Å². The van der Waals surface area contributed by atoms with Crippen molar-refractivity contribution in [2.45, 2.75) is 6.92 Å². The zero-order valence-corrected chi connectivity index (χ0v) is 8.99. The highest BCUT2D eigenvalue weighted by molar-refractivity contribution is 5.95. The van der Waals surface area contributed by atoms with E-state index in [-0.39, 0.29) is 5.97 Å². The van der Waals surface area contributed by atoms with Gasteiger partial charge in [-0.1, -0.05) is 42.5 Å². The first-order chi connectivity index (χ1) is 7.15. The van der Waals surface area contributed by atoms with Crippen LogP contribution >= 0.6 is 0 Å². The summed E-state index contributed by atoms with van der Waals surface area (Å²) < 4.78 is 4.60. The molecule has 1 aromatic carbocycles. The second-order valence-electron chi connectivity index (χ2n) is 3.23. The Bertz CT molecular complexity index is 388. The molecule has 0 fully saturated rings. The molecule has 78 valence electrons. The molecule has 0 aromatic heterocycles. The first-order valence-electron chi connectivity index (χ1n) is 4.66. The van der Waals surface area contributed by atoms with Gasteiger partial charge in [0.25, 0.3) is 0 Å². The third-order valence-electron chi connectivity index (χ3n) is 2.01. The smallest absolute Gasteiger partial charge is 0.331 e. The summed E-state index contributed by atoms with van der Waals surface area (Å²) in [6.07, 6.45) is 1.46. The van der Waals surface area contributed by atoms with Crippen LogP contribution in [0.5, 0.6) is 0 Å². The average molecular weight is 202 g/mol. The van der Waals surface area contributed by atoms with E-state index in [1.807, 2.05) is 37.3 Å². The van der Waals surface area contributed by atoms with Crippen molar-refractivity contribution in [2.75, 3.05) is 7.11 Å². The zero-order valence-electron chi connectivity index (χ0n) is 8.99. The van der Waals surface area contributed by atoms with Crippen LogP contribution in [0.2, 0.25) is 0 Å². The molecule has 0 heterocycles. The van der Waals surface area contributed by atoms with Crippen molar-refractivity contribution in [2.24, 2.45) is 0 Å². The molecule has 0 unspecified atom stereocenters. The number of methoxy groups -OCH3 is 1. The lowest BCUT2D eigenvalue weighted by atomic mass is 10.00. The number of benzene rings is 1. The lowest BCUT2D eigenvalue weighted by molar-refractivity contribution is -0.134. The fourth-order valence-electron chi connectivity index (χ4n) is 1.25. The van der Waals surface area contributed by atoms with Crippen LogP contribution in [-0.2, 0) is 9.53 Å². The Labute approximate surface area is 89.9 Å². The monoisotopic (exact) mass is 202 g/mol. The van der Waals surface area contributed by atoms with E-state index < -0.39 is 0 Å². The Balaban J connectivity index is 3.10. The molecule has 2 nitrogen and oxygen atoms in total. The number of carbonyl (C=O) groups is 1. The quantitative estimate of drug-likeness (QED) is 0.428. The van der Waals surface area contributed by atoms with Crippen LogP contribution in [0.4, 0.5) is 0 Å². The van der Waals surface area contributed by atoms with Crippen molar-refractivity contribution in [3.63, 3.8) is 0 Å². The Kier molecular flexibility index (Phi) is 3.86. The van der Waals surface area contributed by atoms with Crippen LogP contribution in [-0.4, -0.2) is 13.1 Å². The van der Waals surface area contributed by atoms with Crippen LogP contribution in [0.25, 0.3) is 5.57 Å². The predicted octanol–water partition coefficient (Wildman–Crippen LogP) is 2.82. The standard InChI is InChI=1S/C13H14O2/c1-10(2)12(9-13(14)15-3)11-7-5-4-6-8-11/h4-9H,1H2,2-3H3/b12-9-. The third-order valence-corrected chi connectivity index (χ3v) is 2.01. The summed E-state index contributed by atoms with van der Waals surface area (Å²) >= 11 is 0. The van der Waals surface area contributed by atoms with Crippen LogP contribution in [0.3, 0.4) is 0 Å². The van der Waals surface area contributed by atoms with Gasteiger partial charge in [-0.3, -0.25) is 0 Å². The van der Waals surface area contributed by atoms with Crippen LogP contribution in [0.15, 0.2) is 48.6 Å². The van der Waals surface area contributed by atoms with Gasteiger partial charge in [0.1, 0.15) is 0 Å². The minimum absolute atomic E-state index is 0.364. The molecule has 2 heteroatoms. The molecule has 0 aliphatic rings. The number of hydrogen-bond acceptors (Lipinski definition) is 2. The largest absolute Gasteiger partial charge is 0.466 e. The van der Waals surface area contributed by atoms with Gasteiger partial charge < -0.3 is 4.74 Å². The van der Waals surface area contributed by atoms with E-state index in [9.17, 15) is 4.79 Å². The van der Waals surface area contributed by atoms with Gasteiger partial charge in [0.2, 0.25) is 0 Å². The summed E-state index contributed by atoms with van der Waals surface area (Å²) in [7, 11) is 1.36. The van der Waals surface area contributed by atoms with Crippen LogP contribution < -0.4 is 0 Å². The summed E-state index contributed by atoms with van der Waals surface area (Å²) in [5.41, 5.74) is 2.62. The summed E-state index contributed by atoms with van der Waals surface area (Å²) in [6, 6.07) is 9.64. The maximum Gasteiger partial charge on any atom is 0.331 e. The highest BCUT2D eigenvalue weighted by atomic mass is 16.5. The van der Waals surface area contributed by atoms with Gasteiger partial charge >= 0.3 is 5.97 Å². The topological polar surface area (TPSA) is 26.3 Å². The second kappa shape index (κ2) is 5.15. The second-order valence-corrected chi connectivity index (χ2v) is 3.23. The van der Waals surface area contributed by atoms with E-state index in [4.69, 9.17) is 0 Å².